The van der Waals surface area contributed by atoms with Crippen molar-refractivity contribution in [1.29, 1.82) is 0 Å². The van der Waals surface area contributed by atoms with Gasteiger partial charge < -0.3 is 9.84 Å². The lowest BCUT2D eigenvalue weighted by atomic mass is 9.97. The Morgan fingerprint density at radius 3 is 2.70 bits per heavy atom. The van der Waals surface area contributed by atoms with Gasteiger partial charge in [0.1, 0.15) is 0 Å². The number of ketones is 1. The number of piperidine rings is 1. The van der Waals surface area contributed by atoms with E-state index in [1.807, 2.05) is 0 Å². The van der Waals surface area contributed by atoms with Crippen LogP contribution in [0.4, 0.5) is 4.39 Å². The molecule has 1 aromatic carbocycles. The van der Waals surface area contributed by atoms with Crippen molar-refractivity contribution in [3.63, 3.8) is 0 Å². The number of aliphatic hydroxyl groups excluding tert-OH is 1. The number of halogens is 1. The van der Waals surface area contributed by atoms with Gasteiger partial charge in [-0.05, 0) is 50.0 Å². The Hall–Kier alpha value is -1.46. The second-order valence-electron chi connectivity index (χ2n) is 5.17. The molecule has 1 heterocycles. The maximum absolute atomic E-state index is 13.6. The molecule has 0 atom stereocenters. The van der Waals surface area contributed by atoms with E-state index in [1.54, 1.807) is 6.07 Å². The summed E-state index contributed by atoms with van der Waals surface area (Å²) < 4.78 is 18.4. The molecule has 110 valence electrons. The van der Waals surface area contributed by atoms with Gasteiger partial charge in [-0.2, -0.15) is 0 Å². The fourth-order valence-corrected chi connectivity index (χ4v) is 2.46. The first-order valence-electron chi connectivity index (χ1n) is 6.84. The quantitative estimate of drug-likeness (QED) is 0.835. The predicted molar refractivity (Wildman–Crippen MR) is 73.5 cm³/mol. The van der Waals surface area contributed by atoms with Crippen LogP contribution in [0, 0.1) is 11.7 Å². The Morgan fingerprint density at radius 2 is 2.15 bits per heavy atom. The number of carbonyl (C=O) groups excluding carboxylic acids is 1. The van der Waals surface area contributed by atoms with Gasteiger partial charge in [0.05, 0.1) is 13.7 Å². The maximum Gasteiger partial charge on any atom is 0.176 e. The van der Waals surface area contributed by atoms with Crippen LogP contribution in [-0.4, -0.2) is 49.1 Å². The van der Waals surface area contributed by atoms with Crippen molar-refractivity contribution in [2.75, 3.05) is 33.4 Å². The molecular weight excluding hydrogens is 261 g/mol. The molecule has 1 saturated heterocycles. The fraction of sp³-hybridized carbons (Fsp3) is 0.533. The highest BCUT2D eigenvalue weighted by Crippen LogP contribution is 2.20. The van der Waals surface area contributed by atoms with Crippen LogP contribution in [0.5, 0.6) is 5.75 Å². The lowest BCUT2D eigenvalue weighted by molar-refractivity contribution is 0.0863. The summed E-state index contributed by atoms with van der Waals surface area (Å²) in [6.07, 6.45) is 1.81. The molecule has 5 heteroatoms. The van der Waals surface area contributed by atoms with Crippen molar-refractivity contribution in [3.8, 4) is 5.75 Å². The number of aliphatic hydroxyl groups is 1. The molecule has 0 saturated carbocycles. The van der Waals surface area contributed by atoms with Gasteiger partial charge in [-0.1, -0.05) is 0 Å². The molecule has 1 aliphatic heterocycles. The summed E-state index contributed by atoms with van der Waals surface area (Å²) in [6, 6.07) is 4.28. The van der Waals surface area contributed by atoms with E-state index in [1.165, 1.54) is 19.2 Å². The molecular formula is C15H20FNO3. The minimum Gasteiger partial charge on any atom is -0.494 e. The summed E-state index contributed by atoms with van der Waals surface area (Å²) in [6.45, 7) is 2.11. The van der Waals surface area contributed by atoms with E-state index < -0.39 is 5.82 Å². The molecule has 4 nitrogen and oxygen atoms in total. The number of nitrogens with zero attached hydrogens (tertiary/aromatic N) is 1. The molecule has 1 N–H and O–H groups in total. The van der Waals surface area contributed by atoms with E-state index in [2.05, 4.69) is 4.90 Å². The zero-order valence-electron chi connectivity index (χ0n) is 11.6. The number of Topliss-reactive ketones (excluding diaryl/α,β-unsaturated/α-hetero) is 1. The summed E-state index contributed by atoms with van der Waals surface area (Å²) in [5, 5.41) is 9.08. The second-order valence-corrected chi connectivity index (χ2v) is 5.17. The Labute approximate surface area is 118 Å². The van der Waals surface area contributed by atoms with Crippen molar-refractivity contribution in [3.05, 3.63) is 29.6 Å². The molecule has 0 bridgehead atoms. The number of carbonyl (C=O) groups is 1. The van der Waals surface area contributed by atoms with Gasteiger partial charge in [0.15, 0.2) is 17.3 Å². The van der Waals surface area contributed by atoms with Crippen LogP contribution >= 0.6 is 0 Å². The van der Waals surface area contributed by atoms with Crippen LogP contribution in [0.2, 0.25) is 0 Å². The van der Waals surface area contributed by atoms with Gasteiger partial charge in [-0.15, -0.1) is 0 Å². The highest BCUT2D eigenvalue weighted by Gasteiger charge is 2.21. The molecule has 0 amide bonds. The first kappa shape index (κ1) is 14.9. The van der Waals surface area contributed by atoms with E-state index in [4.69, 9.17) is 9.84 Å². The van der Waals surface area contributed by atoms with E-state index in [-0.39, 0.29) is 18.1 Å². The Kier molecular flexibility index (Phi) is 5.09. The molecule has 0 radical (unpaired) electrons. The predicted octanol–water partition coefficient (Wildman–Crippen LogP) is 1.72. The topological polar surface area (TPSA) is 49.8 Å². The number of methoxy groups -OCH3 is 1. The van der Waals surface area contributed by atoms with Gasteiger partial charge in [0.25, 0.3) is 0 Å². The summed E-state index contributed by atoms with van der Waals surface area (Å²) in [5.41, 5.74) is 0.368. The molecule has 20 heavy (non-hydrogen) atoms. The Bertz CT molecular complexity index is 470. The normalized spacial score (nSPS) is 17.1. The summed E-state index contributed by atoms with van der Waals surface area (Å²) in [4.78, 5) is 14.2. The summed E-state index contributed by atoms with van der Waals surface area (Å²) in [7, 11) is 1.39. The minimum atomic E-state index is -0.516. The zero-order valence-corrected chi connectivity index (χ0v) is 11.6. The number of hydrogen-bond acceptors (Lipinski definition) is 4. The fourth-order valence-electron chi connectivity index (χ4n) is 2.46. The number of rotatable bonds is 5. The van der Waals surface area contributed by atoms with E-state index in [9.17, 15) is 9.18 Å². The monoisotopic (exact) mass is 281 g/mol. The number of likely N-dealkylation sites (tertiary alicyclic amines) is 1. The smallest absolute Gasteiger partial charge is 0.176 e. The molecule has 0 aromatic heterocycles. The molecule has 1 aliphatic rings. The van der Waals surface area contributed by atoms with Crippen LogP contribution in [-0.2, 0) is 0 Å². The molecule has 2 rings (SSSR count). The lowest BCUT2D eigenvalue weighted by Gasteiger charge is -2.30. The standard InChI is InChI=1S/C15H20FNO3/c1-20-15-3-2-12(8-13(15)16)14(19)9-17-6-4-11(10-18)5-7-17/h2-3,8,11,18H,4-7,9-10H2,1H3. The Morgan fingerprint density at radius 1 is 1.45 bits per heavy atom. The molecule has 1 aromatic rings. The van der Waals surface area contributed by atoms with Crippen molar-refractivity contribution in [2.24, 2.45) is 5.92 Å². The van der Waals surface area contributed by atoms with Gasteiger partial charge in [0.2, 0.25) is 0 Å². The Balaban J connectivity index is 1.93. The van der Waals surface area contributed by atoms with Crippen LogP contribution in [0.15, 0.2) is 18.2 Å². The van der Waals surface area contributed by atoms with Gasteiger partial charge in [-0.3, -0.25) is 9.69 Å². The molecule has 0 aliphatic carbocycles. The third-order valence-electron chi connectivity index (χ3n) is 3.81. The summed E-state index contributed by atoms with van der Waals surface area (Å²) in [5.74, 6) is -0.114. The van der Waals surface area contributed by atoms with Crippen LogP contribution in [0.1, 0.15) is 23.2 Å². The van der Waals surface area contributed by atoms with Gasteiger partial charge in [-0.25, -0.2) is 4.39 Å². The van der Waals surface area contributed by atoms with Crippen molar-refractivity contribution < 1.29 is 19.0 Å². The first-order chi connectivity index (χ1) is 9.63. The highest BCUT2D eigenvalue weighted by molar-refractivity contribution is 5.97. The van der Waals surface area contributed by atoms with Crippen LogP contribution in [0.25, 0.3) is 0 Å². The average molecular weight is 281 g/mol. The third kappa shape index (κ3) is 3.55. The number of hydrogen-bond donors (Lipinski definition) is 1. The van der Waals surface area contributed by atoms with E-state index in [0.29, 0.717) is 18.0 Å². The van der Waals surface area contributed by atoms with E-state index >= 15 is 0 Å². The van der Waals surface area contributed by atoms with Gasteiger partial charge in [0, 0.05) is 12.2 Å². The highest BCUT2D eigenvalue weighted by atomic mass is 19.1. The first-order valence-corrected chi connectivity index (χ1v) is 6.84. The SMILES string of the molecule is COc1ccc(C(=O)CN2CCC(CO)CC2)cc1F. The zero-order chi connectivity index (χ0) is 14.5. The average Bonchev–Trinajstić information content (AvgIpc) is 2.48. The number of ether oxygens (including phenoxy) is 1. The largest absolute Gasteiger partial charge is 0.494 e. The second kappa shape index (κ2) is 6.81. The molecule has 0 unspecified atom stereocenters. The lowest BCUT2D eigenvalue weighted by Crippen LogP contribution is -2.38. The number of benzene rings is 1. The van der Waals surface area contributed by atoms with Crippen molar-refractivity contribution in [2.45, 2.75) is 12.8 Å². The molecule has 0 spiro atoms. The van der Waals surface area contributed by atoms with Crippen molar-refractivity contribution >= 4 is 5.78 Å². The third-order valence-corrected chi connectivity index (χ3v) is 3.81. The van der Waals surface area contributed by atoms with Crippen LogP contribution < -0.4 is 4.74 Å². The van der Waals surface area contributed by atoms with E-state index in [0.717, 1.165) is 25.9 Å². The maximum atomic E-state index is 13.6. The molecule has 1 fully saturated rings. The van der Waals surface area contributed by atoms with Crippen LogP contribution in [0.3, 0.4) is 0 Å². The van der Waals surface area contributed by atoms with Gasteiger partial charge >= 0.3 is 0 Å². The minimum absolute atomic E-state index is 0.0889. The van der Waals surface area contributed by atoms with Crippen molar-refractivity contribution in [1.82, 2.24) is 4.90 Å². The summed E-state index contributed by atoms with van der Waals surface area (Å²) >= 11 is 0.